The van der Waals surface area contributed by atoms with Gasteiger partial charge in [-0.15, -0.1) is 6.42 Å². The molecule has 0 aliphatic rings. The van der Waals surface area contributed by atoms with Crippen LogP contribution >= 0.6 is 0 Å². The van der Waals surface area contributed by atoms with Crippen molar-refractivity contribution in [2.45, 2.75) is 0 Å². The number of ether oxygens (including phenoxy) is 1. The topological polar surface area (TPSA) is 9.23 Å². The van der Waals surface area contributed by atoms with Crippen LogP contribution in [0.4, 0.5) is 0 Å². The lowest BCUT2D eigenvalue weighted by molar-refractivity contribution is 0.414. The van der Waals surface area contributed by atoms with Crippen LogP contribution in [0, 0.1) is 18.4 Å². The van der Waals surface area contributed by atoms with Crippen LogP contribution in [0.5, 0.6) is 5.75 Å². The van der Waals surface area contributed by atoms with E-state index in [1.807, 2.05) is 0 Å². The molecule has 1 aromatic rings. The van der Waals surface area contributed by atoms with Crippen LogP contribution in [-0.4, -0.2) is 7.11 Å². The van der Waals surface area contributed by atoms with E-state index < -0.39 is 0 Å². The third-order valence-electron chi connectivity index (χ3n) is 1.16. The van der Waals surface area contributed by atoms with Gasteiger partial charge in [0.25, 0.3) is 0 Å². The van der Waals surface area contributed by atoms with E-state index in [1.54, 1.807) is 25.3 Å². The lowest BCUT2D eigenvalue weighted by Crippen LogP contribution is -1.82. The summed E-state index contributed by atoms with van der Waals surface area (Å²) in [6.45, 7) is 0. The fourth-order valence-corrected chi connectivity index (χ4v) is 0.651. The zero-order chi connectivity index (χ0) is 7.40. The monoisotopic (exact) mass is 131 g/mol. The summed E-state index contributed by atoms with van der Waals surface area (Å²) in [4.78, 5) is 0. The van der Waals surface area contributed by atoms with Crippen LogP contribution in [0.3, 0.4) is 0 Å². The molecule has 10 heavy (non-hydrogen) atoms. The maximum Gasteiger partial charge on any atom is 0.120 e. The normalized spacial score (nSPS) is 8.40. The largest absolute Gasteiger partial charge is 0.497 e. The van der Waals surface area contributed by atoms with E-state index in [0.717, 1.165) is 11.3 Å². The number of hydrogen-bond acceptors (Lipinski definition) is 1. The van der Waals surface area contributed by atoms with Gasteiger partial charge in [0.1, 0.15) is 5.75 Å². The molecule has 0 saturated heterocycles. The molecule has 0 heterocycles. The van der Waals surface area contributed by atoms with E-state index >= 15 is 0 Å². The summed E-state index contributed by atoms with van der Waals surface area (Å²) in [6, 6.07) is 8.13. The minimum Gasteiger partial charge on any atom is -0.497 e. The van der Waals surface area contributed by atoms with Crippen molar-refractivity contribution in [3.05, 3.63) is 29.8 Å². The van der Waals surface area contributed by atoms with Crippen LogP contribution in [0.1, 0.15) is 5.56 Å². The molecule has 0 amide bonds. The molecule has 0 aromatic heterocycles. The molecule has 0 N–H and O–H groups in total. The van der Waals surface area contributed by atoms with E-state index in [2.05, 4.69) is 12.0 Å². The number of hydrogen-bond donors (Lipinski definition) is 0. The van der Waals surface area contributed by atoms with Crippen LogP contribution < -0.4 is 4.74 Å². The van der Waals surface area contributed by atoms with E-state index in [1.165, 1.54) is 0 Å². The molecule has 0 unspecified atom stereocenters. The van der Waals surface area contributed by atoms with Gasteiger partial charge in [0.2, 0.25) is 0 Å². The SMILES string of the molecule is C#Cc1c[c]cc(OC)c1. The molecule has 0 aliphatic carbocycles. The van der Waals surface area contributed by atoms with Gasteiger partial charge in [-0.1, -0.05) is 5.92 Å². The van der Waals surface area contributed by atoms with E-state index in [9.17, 15) is 0 Å². The molecule has 1 rings (SSSR count). The quantitative estimate of drug-likeness (QED) is 0.524. The smallest absolute Gasteiger partial charge is 0.120 e. The van der Waals surface area contributed by atoms with E-state index in [4.69, 9.17) is 11.2 Å². The standard InChI is InChI=1S/C9H7O/c1-3-8-5-4-6-9(7-8)10-2/h1,5-7H,2H3. The van der Waals surface area contributed by atoms with Gasteiger partial charge in [-0.3, -0.25) is 0 Å². The highest BCUT2D eigenvalue weighted by Crippen LogP contribution is 2.10. The number of terminal acetylenes is 1. The Bertz CT molecular complexity index is 258. The van der Waals surface area contributed by atoms with Crippen LogP contribution in [-0.2, 0) is 0 Å². The van der Waals surface area contributed by atoms with Crippen LogP contribution in [0.25, 0.3) is 0 Å². The predicted molar refractivity (Wildman–Crippen MR) is 39.8 cm³/mol. The van der Waals surface area contributed by atoms with Crippen molar-refractivity contribution >= 4 is 0 Å². The molecule has 0 bridgehead atoms. The van der Waals surface area contributed by atoms with Crippen molar-refractivity contribution in [1.29, 1.82) is 0 Å². The summed E-state index contributed by atoms with van der Waals surface area (Å²) in [5, 5.41) is 0. The fourth-order valence-electron chi connectivity index (χ4n) is 0.651. The number of benzene rings is 1. The lowest BCUT2D eigenvalue weighted by atomic mass is 10.2. The molecule has 0 atom stereocenters. The highest BCUT2D eigenvalue weighted by Gasteiger charge is 1.89. The van der Waals surface area contributed by atoms with Gasteiger partial charge in [0.15, 0.2) is 0 Å². The lowest BCUT2D eigenvalue weighted by Gasteiger charge is -1.97. The molecule has 1 aromatic carbocycles. The summed E-state index contributed by atoms with van der Waals surface area (Å²) >= 11 is 0. The first-order valence-corrected chi connectivity index (χ1v) is 2.88. The third-order valence-corrected chi connectivity index (χ3v) is 1.16. The first-order chi connectivity index (χ1) is 4.86. The van der Waals surface area contributed by atoms with Crippen molar-refractivity contribution < 1.29 is 4.74 Å². The van der Waals surface area contributed by atoms with Crippen molar-refractivity contribution in [3.63, 3.8) is 0 Å². The highest BCUT2D eigenvalue weighted by atomic mass is 16.5. The van der Waals surface area contributed by atoms with Gasteiger partial charge in [0.05, 0.1) is 7.11 Å². The summed E-state index contributed by atoms with van der Waals surface area (Å²) in [5.41, 5.74) is 0.791. The summed E-state index contributed by atoms with van der Waals surface area (Å²) in [7, 11) is 1.60. The maximum absolute atomic E-state index is 5.15. The molecule has 1 nitrogen and oxygen atoms in total. The molecule has 0 spiro atoms. The minimum absolute atomic E-state index is 0.746. The summed E-state index contributed by atoms with van der Waals surface area (Å²) < 4.78 is 4.93. The Labute approximate surface area is 60.6 Å². The van der Waals surface area contributed by atoms with Gasteiger partial charge in [-0.05, 0) is 24.3 Å². The van der Waals surface area contributed by atoms with Crippen molar-refractivity contribution in [2.75, 3.05) is 7.11 Å². The molecular formula is C9H7O. The van der Waals surface area contributed by atoms with Crippen molar-refractivity contribution in [3.8, 4) is 18.1 Å². The molecule has 49 valence electrons. The van der Waals surface area contributed by atoms with Crippen molar-refractivity contribution in [2.24, 2.45) is 0 Å². The Morgan fingerprint density at radius 1 is 1.60 bits per heavy atom. The zero-order valence-corrected chi connectivity index (χ0v) is 5.72. The number of methoxy groups -OCH3 is 1. The maximum atomic E-state index is 5.15. The first-order valence-electron chi connectivity index (χ1n) is 2.88. The Morgan fingerprint density at radius 3 is 3.00 bits per heavy atom. The van der Waals surface area contributed by atoms with Gasteiger partial charge >= 0.3 is 0 Å². The zero-order valence-electron chi connectivity index (χ0n) is 5.72. The average Bonchev–Trinajstić information content (AvgIpc) is 2.05. The van der Waals surface area contributed by atoms with Crippen LogP contribution in [0.2, 0.25) is 0 Å². The fraction of sp³-hybridized carbons (Fsp3) is 0.111. The van der Waals surface area contributed by atoms with Crippen molar-refractivity contribution in [1.82, 2.24) is 0 Å². The highest BCUT2D eigenvalue weighted by molar-refractivity contribution is 5.37. The second kappa shape index (κ2) is 2.93. The molecule has 0 fully saturated rings. The summed E-state index contributed by atoms with van der Waals surface area (Å²) in [6.07, 6.45) is 5.15. The molecular weight excluding hydrogens is 124 g/mol. The van der Waals surface area contributed by atoms with Gasteiger partial charge in [-0.25, -0.2) is 0 Å². The second-order valence-electron chi connectivity index (χ2n) is 1.81. The first kappa shape index (κ1) is 6.70. The molecule has 0 aliphatic heterocycles. The Morgan fingerprint density at radius 2 is 2.40 bits per heavy atom. The second-order valence-corrected chi connectivity index (χ2v) is 1.81. The Hall–Kier alpha value is -1.42. The van der Waals surface area contributed by atoms with E-state index in [0.29, 0.717) is 0 Å². The Balaban J connectivity index is 3.01. The summed E-state index contributed by atoms with van der Waals surface area (Å²) in [5.74, 6) is 3.24. The molecule has 1 heteroatoms. The third kappa shape index (κ3) is 1.29. The predicted octanol–water partition coefficient (Wildman–Crippen LogP) is 1.48. The van der Waals surface area contributed by atoms with Crippen LogP contribution in [0.15, 0.2) is 18.2 Å². The Kier molecular flexibility index (Phi) is 1.96. The average molecular weight is 131 g/mol. The van der Waals surface area contributed by atoms with Gasteiger partial charge in [-0.2, -0.15) is 0 Å². The minimum atomic E-state index is 0.746. The van der Waals surface area contributed by atoms with Gasteiger partial charge in [0, 0.05) is 5.56 Å². The molecule has 1 radical (unpaired) electrons. The van der Waals surface area contributed by atoms with Gasteiger partial charge < -0.3 is 4.74 Å². The molecule has 0 saturated carbocycles. The van der Waals surface area contributed by atoms with E-state index in [-0.39, 0.29) is 0 Å². The number of rotatable bonds is 1.